The second kappa shape index (κ2) is 7.04. The molecule has 2 unspecified atom stereocenters. The molecule has 0 radical (unpaired) electrons. The molecule has 0 saturated heterocycles. The van der Waals surface area contributed by atoms with Gasteiger partial charge in [0.15, 0.2) is 0 Å². The van der Waals surface area contributed by atoms with Crippen LogP contribution in [0.1, 0.15) is 30.5 Å². The van der Waals surface area contributed by atoms with Crippen molar-refractivity contribution in [1.82, 2.24) is 0 Å². The topological polar surface area (TPSA) is 47.9 Å². The number of phenols is 1. The minimum atomic E-state index is -0.0207. The molecule has 4 N–H and O–H groups in total. The molecular formula is C21H26NOS+. The van der Waals surface area contributed by atoms with Crippen molar-refractivity contribution in [3.63, 3.8) is 0 Å². The van der Waals surface area contributed by atoms with E-state index in [1.54, 1.807) is 6.07 Å². The molecule has 126 valence electrons. The molecule has 0 fully saturated rings. The number of hydrogen-bond donors (Lipinski definition) is 2. The van der Waals surface area contributed by atoms with E-state index in [0.717, 1.165) is 12.2 Å². The van der Waals surface area contributed by atoms with Crippen molar-refractivity contribution in [1.29, 1.82) is 0 Å². The van der Waals surface area contributed by atoms with Gasteiger partial charge in [0.2, 0.25) is 0 Å². The Balaban J connectivity index is 1.69. The van der Waals surface area contributed by atoms with E-state index < -0.39 is 0 Å². The summed E-state index contributed by atoms with van der Waals surface area (Å²) in [6.07, 6.45) is 5.45. The van der Waals surface area contributed by atoms with Gasteiger partial charge in [-0.25, -0.2) is 0 Å². The van der Waals surface area contributed by atoms with Gasteiger partial charge in [-0.1, -0.05) is 62.4 Å². The van der Waals surface area contributed by atoms with Crippen LogP contribution in [0.4, 0.5) is 0 Å². The Morgan fingerprint density at radius 2 is 1.96 bits per heavy atom. The predicted octanol–water partition coefficient (Wildman–Crippen LogP) is 3.65. The number of quaternary nitrogens is 1. The summed E-state index contributed by atoms with van der Waals surface area (Å²) >= 11 is 1.98. The Kier molecular flexibility index (Phi) is 5.02. The fraction of sp³-hybridized carbons (Fsp3) is 0.333. The summed E-state index contributed by atoms with van der Waals surface area (Å²) in [6, 6.07) is 16.5. The molecular weight excluding hydrogens is 314 g/mol. The van der Waals surface area contributed by atoms with Crippen LogP contribution in [0.5, 0.6) is 5.75 Å². The van der Waals surface area contributed by atoms with Crippen LogP contribution in [0.25, 0.3) is 6.08 Å². The maximum atomic E-state index is 9.82. The summed E-state index contributed by atoms with van der Waals surface area (Å²) in [4.78, 5) is 0. The molecule has 24 heavy (non-hydrogen) atoms. The molecule has 1 aliphatic carbocycles. The molecule has 0 aliphatic heterocycles. The number of rotatable bonds is 4. The van der Waals surface area contributed by atoms with E-state index in [2.05, 4.69) is 62.1 Å². The summed E-state index contributed by atoms with van der Waals surface area (Å²) in [5, 5.41) is 10.3. The van der Waals surface area contributed by atoms with E-state index in [0.29, 0.717) is 17.0 Å². The molecule has 2 nitrogen and oxygen atoms in total. The summed E-state index contributed by atoms with van der Waals surface area (Å²) in [5.41, 5.74) is 8.29. The smallest absolute Gasteiger partial charge is 0.115 e. The zero-order valence-corrected chi connectivity index (χ0v) is 15.2. The van der Waals surface area contributed by atoms with Crippen LogP contribution in [0.15, 0.2) is 54.6 Å². The van der Waals surface area contributed by atoms with Crippen LogP contribution < -0.4 is 5.73 Å². The lowest BCUT2D eigenvalue weighted by Crippen LogP contribution is -2.74. The van der Waals surface area contributed by atoms with Gasteiger partial charge in [-0.2, -0.15) is 0 Å². The number of hydrogen-bond acceptors (Lipinski definition) is 2. The van der Waals surface area contributed by atoms with Crippen molar-refractivity contribution in [2.24, 2.45) is 0 Å². The van der Waals surface area contributed by atoms with E-state index >= 15 is 0 Å². The van der Waals surface area contributed by atoms with Crippen LogP contribution in [0.3, 0.4) is 0 Å². The maximum Gasteiger partial charge on any atom is 0.115 e. The Hall–Kier alpha value is -1.71. The molecule has 0 heterocycles. The summed E-state index contributed by atoms with van der Waals surface area (Å²) < 4.78 is 0. The zero-order chi connectivity index (χ0) is 17.2. The summed E-state index contributed by atoms with van der Waals surface area (Å²) in [7, 11) is 0. The first-order chi connectivity index (χ1) is 11.5. The number of fused-ring (bicyclic) bond motifs is 1. The van der Waals surface area contributed by atoms with E-state index in [1.165, 1.54) is 16.7 Å². The van der Waals surface area contributed by atoms with E-state index in [1.807, 2.05) is 23.9 Å². The minimum absolute atomic E-state index is 0.0207. The van der Waals surface area contributed by atoms with Crippen molar-refractivity contribution in [3.05, 3.63) is 71.3 Å². The quantitative estimate of drug-likeness (QED) is 0.892. The molecule has 0 amide bonds. The fourth-order valence-electron chi connectivity index (χ4n) is 3.47. The van der Waals surface area contributed by atoms with Crippen molar-refractivity contribution >= 4 is 17.8 Å². The monoisotopic (exact) mass is 340 g/mol. The van der Waals surface area contributed by atoms with Gasteiger partial charge in [-0.3, -0.25) is 0 Å². The highest BCUT2D eigenvalue weighted by atomic mass is 32.2. The zero-order valence-electron chi connectivity index (χ0n) is 14.4. The van der Waals surface area contributed by atoms with Crippen LogP contribution >= 0.6 is 11.8 Å². The molecule has 0 aromatic heterocycles. The molecule has 2 atom stereocenters. The minimum Gasteiger partial charge on any atom is -0.508 e. The lowest BCUT2D eigenvalue weighted by atomic mass is 9.69. The Morgan fingerprint density at radius 3 is 2.71 bits per heavy atom. The number of benzene rings is 2. The number of thioether (sulfide) groups is 1. The van der Waals surface area contributed by atoms with Gasteiger partial charge >= 0.3 is 0 Å². The molecule has 2 aromatic carbocycles. The van der Waals surface area contributed by atoms with Crippen molar-refractivity contribution in [2.75, 3.05) is 5.75 Å². The van der Waals surface area contributed by atoms with Gasteiger partial charge in [-0.05, 0) is 35.2 Å². The van der Waals surface area contributed by atoms with Crippen molar-refractivity contribution in [3.8, 4) is 5.75 Å². The number of phenolic OH excluding ortho intramolecular Hbond substituents is 1. The van der Waals surface area contributed by atoms with Crippen LogP contribution in [-0.2, 0) is 11.8 Å². The van der Waals surface area contributed by atoms with Gasteiger partial charge in [-0.15, -0.1) is 11.8 Å². The summed E-state index contributed by atoms with van der Waals surface area (Å²) in [6.45, 7) is 4.49. The highest BCUT2D eigenvalue weighted by Crippen LogP contribution is 2.40. The molecule has 3 heteroatoms. The third-order valence-electron chi connectivity index (χ3n) is 5.10. The van der Waals surface area contributed by atoms with Crippen LogP contribution in [-0.4, -0.2) is 22.2 Å². The average molecular weight is 341 g/mol. The van der Waals surface area contributed by atoms with E-state index in [9.17, 15) is 5.11 Å². The number of aromatic hydroxyl groups is 1. The fourth-order valence-corrected chi connectivity index (χ4v) is 4.79. The first-order valence-electron chi connectivity index (χ1n) is 8.47. The van der Waals surface area contributed by atoms with Gasteiger partial charge in [0.25, 0.3) is 0 Å². The lowest BCUT2D eigenvalue weighted by molar-refractivity contribution is -0.435. The average Bonchev–Trinajstić information content (AvgIpc) is 2.58. The SMILES string of the molecule is CC1(C)c2cc(O)ccc2CC(SC/C=C/c2ccccc2)C1[NH3+]. The van der Waals surface area contributed by atoms with E-state index in [-0.39, 0.29) is 5.41 Å². The predicted molar refractivity (Wildman–Crippen MR) is 103 cm³/mol. The van der Waals surface area contributed by atoms with Crippen LogP contribution in [0, 0.1) is 0 Å². The summed E-state index contributed by atoms with van der Waals surface area (Å²) in [5.74, 6) is 1.35. The van der Waals surface area contributed by atoms with Gasteiger partial charge in [0, 0.05) is 11.2 Å². The first-order valence-corrected chi connectivity index (χ1v) is 9.52. The molecule has 1 aliphatic rings. The third kappa shape index (κ3) is 3.52. The normalized spacial score (nSPS) is 22.5. The molecule has 0 saturated carbocycles. The molecule has 0 bridgehead atoms. The van der Waals surface area contributed by atoms with Gasteiger partial charge in [0.05, 0.1) is 5.25 Å². The highest BCUT2D eigenvalue weighted by Gasteiger charge is 2.43. The van der Waals surface area contributed by atoms with Crippen molar-refractivity contribution in [2.45, 2.75) is 37.0 Å². The highest BCUT2D eigenvalue weighted by molar-refractivity contribution is 8.00. The Bertz CT molecular complexity index is 724. The molecule has 2 aromatic rings. The first kappa shape index (κ1) is 17.1. The maximum absolute atomic E-state index is 9.82. The van der Waals surface area contributed by atoms with Gasteiger partial charge < -0.3 is 10.8 Å². The standard InChI is InChI=1S/C21H25NOS/c1-21(2)18-14-17(23)11-10-16(18)13-19(20(21)22)24-12-6-9-15-7-4-3-5-8-15/h3-11,14,19-20,23H,12-13,22H2,1-2H3/p+1/b9-6+. The lowest BCUT2D eigenvalue weighted by Gasteiger charge is -2.40. The van der Waals surface area contributed by atoms with Crippen molar-refractivity contribution < 1.29 is 10.8 Å². The van der Waals surface area contributed by atoms with Crippen LogP contribution in [0.2, 0.25) is 0 Å². The van der Waals surface area contributed by atoms with E-state index in [4.69, 9.17) is 0 Å². The molecule has 0 spiro atoms. The Labute approximate surface area is 148 Å². The Morgan fingerprint density at radius 1 is 1.21 bits per heavy atom. The second-order valence-corrected chi connectivity index (χ2v) is 8.33. The van der Waals surface area contributed by atoms with Gasteiger partial charge in [0.1, 0.15) is 11.8 Å². The largest absolute Gasteiger partial charge is 0.508 e. The second-order valence-electron chi connectivity index (χ2n) is 7.06. The molecule has 3 rings (SSSR count). The third-order valence-corrected chi connectivity index (χ3v) is 6.41.